The van der Waals surface area contributed by atoms with Crippen LogP contribution in [0.25, 0.3) is 22.0 Å². The van der Waals surface area contributed by atoms with Gasteiger partial charge in [0.05, 0.1) is 15.3 Å². The highest BCUT2D eigenvalue weighted by atomic mass is 35.5. The van der Waals surface area contributed by atoms with Gasteiger partial charge in [-0.25, -0.2) is 28.4 Å². The predicted molar refractivity (Wildman–Crippen MR) is 218 cm³/mol. The first-order chi connectivity index (χ1) is 26.4. The molecule has 3 heterocycles. The average Bonchev–Trinajstić information content (AvgIpc) is 3.18. The molecule has 7 rings (SSSR count). The minimum atomic E-state index is -4.27. The summed E-state index contributed by atoms with van der Waals surface area (Å²) < 4.78 is 29.8. The Balaban J connectivity index is 1.02. The zero-order valence-electron chi connectivity index (χ0n) is 30.1. The maximum atomic E-state index is 13.6. The van der Waals surface area contributed by atoms with Gasteiger partial charge in [0.2, 0.25) is 0 Å². The summed E-state index contributed by atoms with van der Waals surface area (Å²) in [6, 6.07) is 27.5. The summed E-state index contributed by atoms with van der Waals surface area (Å²) in [5.74, 6) is 0.571. The lowest BCUT2D eigenvalue weighted by molar-refractivity contribution is -0.384. The Labute approximate surface area is 328 Å². The Morgan fingerprint density at radius 2 is 1.64 bits per heavy atom. The SMILES string of the molecule is CC(C)(CSc1ncccn1)Nc1ccc(S(=O)(=O)Nc2ncnc3cc(N4CCN(Cc5ccccc5-c5ccc(Cl)cc5)CC4)ccc23)cc1[N+](=O)[O-]. The number of anilines is 3. The Morgan fingerprint density at radius 1 is 0.891 bits per heavy atom. The molecule has 6 aromatic rings. The number of sulfonamides is 1. The third kappa shape index (κ3) is 9.14. The van der Waals surface area contributed by atoms with Gasteiger partial charge < -0.3 is 10.2 Å². The maximum absolute atomic E-state index is 13.6. The number of thioether (sulfide) groups is 1. The summed E-state index contributed by atoms with van der Waals surface area (Å²) >= 11 is 7.53. The fourth-order valence-corrected chi connectivity index (χ4v) is 8.43. The number of halogens is 1. The Morgan fingerprint density at radius 3 is 2.38 bits per heavy atom. The van der Waals surface area contributed by atoms with Crippen LogP contribution in [0, 0.1) is 10.1 Å². The van der Waals surface area contributed by atoms with Crippen LogP contribution in [0.3, 0.4) is 0 Å². The standard InChI is InChI=1S/C39H38ClN9O4S2/c1-39(2,25-54-38-41-16-5-17-42-38)45-34-15-13-31(23-36(34)49(50)51)55(52,53)46-37-33-14-12-30(22-35(33)43-26-44-37)48-20-18-47(19-21-48)24-28-6-3-4-7-32(28)27-8-10-29(40)11-9-27/h3-17,22-23,26,45H,18-21,24-25H2,1-2H3,(H,43,44,46). The highest BCUT2D eigenvalue weighted by Gasteiger charge is 2.27. The molecule has 282 valence electrons. The summed E-state index contributed by atoms with van der Waals surface area (Å²) in [5, 5.41) is 17.1. The number of nitrogens with one attached hydrogen (secondary N) is 2. The van der Waals surface area contributed by atoms with Gasteiger partial charge in [0.25, 0.3) is 15.7 Å². The number of nitrogens with zero attached hydrogens (tertiary/aromatic N) is 7. The van der Waals surface area contributed by atoms with Crippen molar-refractivity contribution in [3.63, 3.8) is 0 Å². The third-order valence-electron chi connectivity index (χ3n) is 9.21. The number of aromatic nitrogens is 4. The van der Waals surface area contributed by atoms with Crippen molar-refractivity contribution in [1.82, 2.24) is 24.8 Å². The molecule has 1 fully saturated rings. The van der Waals surface area contributed by atoms with Crippen molar-refractivity contribution in [3.05, 3.63) is 130 Å². The molecule has 0 saturated carbocycles. The first kappa shape index (κ1) is 37.9. The number of hydrogen-bond donors (Lipinski definition) is 2. The van der Waals surface area contributed by atoms with E-state index in [-0.39, 0.29) is 22.1 Å². The Bertz CT molecular complexity index is 2430. The van der Waals surface area contributed by atoms with Gasteiger partial charge in [-0.3, -0.25) is 19.7 Å². The Kier molecular flexibility index (Phi) is 11.2. The molecule has 55 heavy (non-hydrogen) atoms. The largest absolute Gasteiger partial charge is 0.374 e. The van der Waals surface area contributed by atoms with Gasteiger partial charge in [-0.15, -0.1) is 0 Å². The van der Waals surface area contributed by atoms with Crippen LogP contribution in [0.4, 0.5) is 22.9 Å². The molecule has 1 aliphatic heterocycles. The van der Waals surface area contributed by atoms with E-state index < -0.39 is 20.5 Å². The van der Waals surface area contributed by atoms with Crippen molar-refractivity contribution >= 4 is 67.2 Å². The summed E-state index contributed by atoms with van der Waals surface area (Å²) in [6.07, 6.45) is 4.59. The number of piperazine rings is 1. The summed E-state index contributed by atoms with van der Waals surface area (Å²) in [4.78, 5) is 33.1. The maximum Gasteiger partial charge on any atom is 0.293 e. The van der Waals surface area contributed by atoms with Crippen LogP contribution in [0.2, 0.25) is 5.02 Å². The number of benzene rings is 4. The lowest BCUT2D eigenvalue weighted by atomic mass is 9.99. The van der Waals surface area contributed by atoms with Gasteiger partial charge >= 0.3 is 0 Å². The first-order valence-corrected chi connectivity index (χ1v) is 20.3. The normalized spacial score (nSPS) is 13.8. The van der Waals surface area contributed by atoms with Crippen LogP contribution < -0.4 is 14.9 Å². The van der Waals surface area contributed by atoms with E-state index in [0.717, 1.165) is 50.0 Å². The molecule has 0 amide bonds. The lowest BCUT2D eigenvalue weighted by Crippen LogP contribution is -2.46. The number of nitro groups is 1. The molecular formula is C39H38ClN9O4S2. The van der Waals surface area contributed by atoms with Gasteiger partial charge in [-0.1, -0.05) is 59.8 Å². The van der Waals surface area contributed by atoms with Crippen LogP contribution in [0.1, 0.15) is 19.4 Å². The molecule has 2 N–H and O–H groups in total. The molecule has 1 saturated heterocycles. The minimum Gasteiger partial charge on any atom is -0.374 e. The molecule has 0 bridgehead atoms. The van der Waals surface area contributed by atoms with E-state index in [1.807, 2.05) is 50.2 Å². The second kappa shape index (κ2) is 16.2. The van der Waals surface area contributed by atoms with E-state index in [1.54, 1.807) is 24.5 Å². The average molecular weight is 796 g/mol. The van der Waals surface area contributed by atoms with Crippen LogP contribution in [-0.2, 0) is 16.6 Å². The van der Waals surface area contributed by atoms with E-state index in [2.05, 4.69) is 64.0 Å². The predicted octanol–water partition coefficient (Wildman–Crippen LogP) is 7.75. The highest BCUT2D eigenvalue weighted by molar-refractivity contribution is 7.99. The molecule has 1 aliphatic rings. The molecule has 2 aromatic heterocycles. The Hall–Kier alpha value is -5.35. The zero-order chi connectivity index (χ0) is 38.6. The molecule has 4 aromatic carbocycles. The molecule has 16 heteroatoms. The second-order valence-electron chi connectivity index (χ2n) is 13.7. The van der Waals surface area contributed by atoms with E-state index in [1.165, 1.54) is 41.3 Å². The van der Waals surface area contributed by atoms with Crippen molar-refractivity contribution in [2.24, 2.45) is 0 Å². The molecular weight excluding hydrogens is 758 g/mol. The highest BCUT2D eigenvalue weighted by Crippen LogP contribution is 2.34. The molecule has 0 unspecified atom stereocenters. The molecule has 13 nitrogen and oxygen atoms in total. The van der Waals surface area contributed by atoms with Gasteiger partial charge in [0.1, 0.15) is 12.0 Å². The monoisotopic (exact) mass is 795 g/mol. The minimum absolute atomic E-state index is 0.0758. The van der Waals surface area contributed by atoms with Crippen LogP contribution >= 0.6 is 23.4 Å². The number of fused-ring (bicyclic) bond motifs is 1. The van der Waals surface area contributed by atoms with Crippen molar-refractivity contribution in [1.29, 1.82) is 0 Å². The number of nitro benzene ring substituents is 1. The summed E-state index contributed by atoms with van der Waals surface area (Å²) in [6.45, 7) is 7.93. The second-order valence-corrected chi connectivity index (χ2v) is 16.8. The quantitative estimate of drug-likeness (QED) is 0.0507. The van der Waals surface area contributed by atoms with Gasteiger partial charge in [0.15, 0.2) is 11.0 Å². The molecule has 0 aliphatic carbocycles. The van der Waals surface area contributed by atoms with Crippen LogP contribution in [0.5, 0.6) is 0 Å². The van der Waals surface area contributed by atoms with Crippen LogP contribution in [-0.4, -0.2) is 75.6 Å². The van der Waals surface area contributed by atoms with E-state index in [9.17, 15) is 18.5 Å². The first-order valence-electron chi connectivity index (χ1n) is 17.5. The van der Waals surface area contributed by atoms with Crippen LogP contribution in [0.15, 0.2) is 120 Å². The van der Waals surface area contributed by atoms with Crippen molar-refractivity contribution in [2.45, 2.75) is 36.0 Å². The number of hydrogen-bond acceptors (Lipinski definition) is 12. The van der Waals surface area contributed by atoms with Crippen molar-refractivity contribution < 1.29 is 13.3 Å². The summed E-state index contributed by atoms with van der Waals surface area (Å²) in [5.41, 5.74) is 4.31. The lowest BCUT2D eigenvalue weighted by Gasteiger charge is -2.36. The van der Waals surface area contributed by atoms with E-state index >= 15 is 0 Å². The molecule has 0 spiro atoms. The fraction of sp³-hybridized carbons (Fsp3) is 0.231. The van der Waals surface area contributed by atoms with E-state index in [4.69, 9.17) is 11.6 Å². The molecule has 0 radical (unpaired) electrons. The fourth-order valence-electron chi connectivity index (χ4n) is 6.42. The van der Waals surface area contributed by atoms with Gasteiger partial charge in [-0.05, 0) is 79.1 Å². The smallest absolute Gasteiger partial charge is 0.293 e. The van der Waals surface area contributed by atoms with Gasteiger partial charge in [-0.2, -0.15) is 0 Å². The third-order valence-corrected chi connectivity index (χ3v) is 12.1. The van der Waals surface area contributed by atoms with Crippen molar-refractivity contribution in [2.75, 3.05) is 46.9 Å². The van der Waals surface area contributed by atoms with Crippen molar-refractivity contribution in [3.8, 4) is 11.1 Å². The molecule has 0 atom stereocenters. The topological polar surface area (TPSA) is 159 Å². The number of rotatable bonds is 13. The van der Waals surface area contributed by atoms with E-state index in [0.29, 0.717) is 26.8 Å². The zero-order valence-corrected chi connectivity index (χ0v) is 32.5. The van der Waals surface area contributed by atoms with Gasteiger partial charge in [0, 0.05) is 78.6 Å². The summed E-state index contributed by atoms with van der Waals surface area (Å²) in [7, 11) is -4.27.